The average molecular weight is 471 g/mol. The summed E-state index contributed by atoms with van der Waals surface area (Å²) >= 11 is 0. The van der Waals surface area contributed by atoms with Crippen molar-refractivity contribution in [1.29, 1.82) is 0 Å². The van der Waals surface area contributed by atoms with E-state index in [4.69, 9.17) is 5.73 Å². The summed E-state index contributed by atoms with van der Waals surface area (Å²) in [4.78, 5) is 37.2. The lowest BCUT2D eigenvalue weighted by Crippen LogP contribution is -2.47. The number of amides is 2. The Bertz CT molecular complexity index is 1380. The number of aryl methyl sites for hydroxylation is 1. The number of nitrogens with zero attached hydrogens (tertiary/aromatic N) is 2. The molecule has 3 aromatic carbocycles. The number of rotatable bonds is 8. The van der Waals surface area contributed by atoms with Crippen molar-refractivity contribution in [3.63, 3.8) is 0 Å². The molecule has 4 rings (SSSR count). The van der Waals surface area contributed by atoms with Crippen LogP contribution in [0.4, 0.5) is 4.39 Å². The Balaban J connectivity index is 1.61. The third-order valence-corrected chi connectivity index (χ3v) is 5.51. The Hall–Kier alpha value is -4.59. The predicted octanol–water partition coefficient (Wildman–Crippen LogP) is 3.38. The monoisotopic (exact) mass is 470 g/mol. The zero-order chi connectivity index (χ0) is 24.9. The fourth-order valence-electron chi connectivity index (χ4n) is 3.80. The predicted molar refractivity (Wildman–Crippen MR) is 129 cm³/mol. The van der Waals surface area contributed by atoms with Gasteiger partial charge in [-0.1, -0.05) is 60.7 Å². The first-order valence-corrected chi connectivity index (χ1v) is 10.9. The number of primary amides is 1. The number of hydrogen-bond donors (Lipinski definition) is 2. The molecule has 0 aliphatic carbocycles. The third kappa shape index (κ3) is 5.33. The van der Waals surface area contributed by atoms with Gasteiger partial charge in [-0.3, -0.25) is 14.4 Å². The molecule has 3 N–H and O–H groups in total. The Morgan fingerprint density at radius 2 is 1.63 bits per heavy atom. The van der Waals surface area contributed by atoms with E-state index in [1.807, 2.05) is 6.07 Å². The number of nitrogens with one attached hydrogen (secondary N) is 1. The van der Waals surface area contributed by atoms with Crippen molar-refractivity contribution in [3.8, 4) is 16.8 Å². The normalized spacial score (nSPS) is 11.6. The molecule has 0 saturated carbocycles. The lowest BCUT2D eigenvalue weighted by Gasteiger charge is -2.17. The molecule has 0 radical (unpaired) electrons. The molecule has 4 aromatic rings. The van der Waals surface area contributed by atoms with E-state index in [0.29, 0.717) is 22.5 Å². The van der Waals surface area contributed by atoms with Crippen molar-refractivity contribution >= 4 is 17.6 Å². The quantitative estimate of drug-likeness (QED) is 0.385. The second-order valence-corrected chi connectivity index (χ2v) is 8.05. The van der Waals surface area contributed by atoms with Gasteiger partial charge in [-0.2, -0.15) is 5.10 Å². The van der Waals surface area contributed by atoms with Gasteiger partial charge in [-0.25, -0.2) is 9.07 Å². The number of carbonyl (C=O) groups excluding carboxylic acids is 3. The molecule has 0 bridgehead atoms. The molecule has 7 nitrogen and oxygen atoms in total. The molecule has 0 aliphatic rings. The molecule has 0 unspecified atom stereocenters. The van der Waals surface area contributed by atoms with Crippen LogP contribution >= 0.6 is 0 Å². The molecule has 1 atom stereocenters. The highest BCUT2D eigenvalue weighted by molar-refractivity contribution is 6.38. The van der Waals surface area contributed by atoms with E-state index in [2.05, 4.69) is 10.4 Å². The number of aromatic nitrogens is 2. The van der Waals surface area contributed by atoms with Gasteiger partial charge < -0.3 is 11.1 Å². The van der Waals surface area contributed by atoms with Crippen LogP contribution in [-0.4, -0.2) is 33.4 Å². The molecule has 0 fully saturated rings. The first kappa shape index (κ1) is 23.6. The standard InChI is InChI=1S/C27H23FN4O3/c1-17-15-24(27(35)30-23(25(33)26(29)34)16-18-7-3-2-4-8-18)32(31-17)20-13-11-19(12-14-20)21-9-5-6-10-22(21)28/h2-15,23H,16H2,1H3,(H2,29,34)(H,30,35)/t23-/m0/s1. The van der Waals surface area contributed by atoms with Crippen molar-refractivity contribution in [1.82, 2.24) is 15.1 Å². The molecule has 2 amide bonds. The number of carbonyl (C=O) groups is 3. The molecule has 0 spiro atoms. The molecule has 1 aromatic heterocycles. The Labute approximate surface area is 201 Å². The maximum atomic E-state index is 14.1. The van der Waals surface area contributed by atoms with E-state index >= 15 is 0 Å². The van der Waals surface area contributed by atoms with Crippen molar-refractivity contribution in [3.05, 3.63) is 108 Å². The Morgan fingerprint density at radius 1 is 0.971 bits per heavy atom. The molecular formula is C27H23FN4O3. The van der Waals surface area contributed by atoms with E-state index in [-0.39, 0.29) is 17.9 Å². The molecule has 0 saturated heterocycles. The zero-order valence-corrected chi connectivity index (χ0v) is 18.9. The van der Waals surface area contributed by atoms with E-state index < -0.39 is 23.6 Å². The van der Waals surface area contributed by atoms with Crippen molar-refractivity contribution < 1.29 is 18.8 Å². The molecule has 35 heavy (non-hydrogen) atoms. The van der Waals surface area contributed by atoms with E-state index in [9.17, 15) is 18.8 Å². The number of nitrogens with two attached hydrogens (primary N) is 1. The SMILES string of the molecule is Cc1cc(C(=O)N[C@@H](Cc2ccccc2)C(=O)C(N)=O)n(-c2ccc(-c3ccccc3F)cc2)n1. The summed E-state index contributed by atoms with van der Waals surface area (Å²) in [6.45, 7) is 1.73. The van der Waals surface area contributed by atoms with Crippen LogP contribution in [0, 0.1) is 12.7 Å². The summed E-state index contributed by atoms with van der Waals surface area (Å²) in [5.41, 5.74) is 8.45. The summed E-state index contributed by atoms with van der Waals surface area (Å²) in [7, 11) is 0. The molecule has 1 heterocycles. The van der Waals surface area contributed by atoms with Crippen molar-refractivity contribution in [2.75, 3.05) is 0 Å². The minimum atomic E-state index is -1.13. The van der Waals surface area contributed by atoms with Crippen LogP contribution in [0.15, 0.2) is 84.9 Å². The summed E-state index contributed by atoms with van der Waals surface area (Å²) in [6, 6.07) is 22.8. The van der Waals surface area contributed by atoms with E-state index in [1.165, 1.54) is 10.7 Å². The van der Waals surface area contributed by atoms with Crippen LogP contribution in [0.2, 0.25) is 0 Å². The van der Waals surface area contributed by atoms with Gasteiger partial charge in [-0.05, 0) is 42.3 Å². The van der Waals surface area contributed by atoms with Gasteiger partial charge in [0.25, 0.3) is 11.8 Å². The summed E-state index contributed by atoms with van der Waals surface area (Å²) in [5, 5.41) is 7.03. The van der Waals surface area contributed by atoms with Crippen LogP contribution in [0.25, 0.3) is 16.8 Å². The lowest BCUT2D eigenvalue weighted by molar-refractivity contribution is -0.137. The fourth-order valence-corrected chi connectivity index (χ4v) is 3.80. The first-order chi connectivity index (χ1) is 16.8. The van der Waals surface area contributed by atoms with E-state index in [0.717, 1.165) is 5.56 Å². The van der Waals surface area contributed by atoms with Crippen LogP contribution in [0.3, 0.4) is 0 Å². The minimum absolute atomic E-state index is 0.110. The summed E-state index contributed by atoms with van der Waals surface area (Å²) in [5.74, 6) is -2.93. The number of ketones is 1. The number of Topliss-reactive ketones (excluding diaryl/α,β-unsaturated/α-hetero) is 1. The van der Waals surface area contributed by atoms with Crippen LogP contribution in [-0.2, 0) is 16.0 Å². The summed E-state index contributed by atoms with van der Waals surface area (Å²) < 4.78 is 15.6. The highest BCUT2D eigenvalue weighted by Gasteiger charge is 2.27. The smallest absolute Gasteiger partial charge is 0.287 e. The van der Waals surface area contributed by atoms with Crippen LogP contribution in [0.1, 0.15) is 21.7 Å². The zero-order valence-electron chi connectivity index (χ0n) is 18.9. The third-order valence-electron chi connectivity index (χ3n) is 5.51. The van der Waals surface area contributed by atoms with Crippen LogP contribution < -0.4 is 11.1 Å². The van der Waals surface area contributed by atoms with Gasteiger partial charge in [0.15, 0.2) is 0 Å². The average Bonchev–Trinajstić information content (AvgIpc) is 3.26. The molecule has 8 heteroatoms. The van der Waals surface area contributed by atoms with Gasteiger partial charge in [0.05, 0.1) is 11.4 Å². The maximum Gasteiger partial charge on any atom is 0.287 e. The Morgan fingerprint density at radius 3 is 2.29 bits per heavy atom. The maximum absolute atomic E-state index is 14.1. The van der Waals surface area contributed by atoms with Gasteiger partial charge in [0, 0.05) is 12.0 Å². The lowest BCUT2D eigenvalue weighted by atomic mass is 10.0. The van der Waals surface area contributed by atoms with Gasteiger partial charge in [-0.15, -0.1) is 0 Å². The fraction of sp³-hybridized carbons (Fsp3) is 0.111. The van der Waals surface area contributed by atoms with E-state index in [1.54, 1.807) is 79.7 Å². The molecular weight excluding hydrogens is 447 g/mol. The van der Waals surface area contributed by atoms with Gasteiger partial charge in [0.2, 0.25) is 5.78 Å². The number of hydrogen-bond acceptors (Lipinski definition) is 4. The highest BCUT2D eigenvalue weighted by Crippen LogP contribution is 2.24. The molecule has 176 valence electrons. The van der Waals surface area contributed by atoms with Gasteiger partial charge >= 0.3 is 0 Å². The number of benzene rings is 3. The molecule has 0 aliphatic heterocycles. The van der Waals surface area contributed by atoms with Crippen LogP contribution in [0.5, 0.6) is 0 Å². The largest absolute Gasteiger partial charge is 0.363 e. The van der Waals surface area contributed by atoms with Crippen molar-refractivity contribution in [2.45, 2.75) is 19.4 Å². The first-order valence-electron chi connectivity index (χ1n) is 10.9. The highest BCUT2D eigenvalue weighted by atomic mass is 19.1. The minimum Gasteiger partial charge on any atom is -0.363 e. The van der Waals surface area contributed by atoms with Crippen molar-refractivity contribution in [2.24, 2.45) is 5.73 Å². The summed E-state index contributed by atoms with van der Waals surface area (Å²) in [6.07, 6.45) is 0.110. The van der Waals surface area contributed by atoms with Gasteiger partial charge in [0.1, 0.15) is 17.6 Å². The second-order valence-electron chi connectivity index (χ2n) is 8.05. The topological polar surface area (TPSA) is 107 Å². The number of halogens is 1. The Kier molecular flexibility index (Phi) is 6.82. The second kappa shape index (κ2) is 10.1.